The first-order valence-corrected chi connectivity index (χ1v) is 4.01. The Morgan fingerprint density at radius 1 is 1.00 bits per heavy atom. The molecule has 0 aliphatic rings. The van der Waals surface area contributed by atoms with Gasteiger partial charge in [0.05, 0.1) is 4.92 Å². The summed E-state index contributed by atoms with van der Waals surface area (Å²) in [5, 5.41) is 10.3. The highest BCUT2D eigenvalue weighted by Gasteiger charge is 2.08. The number of rotatable bonds is 2. The van der Waals surface area contributed by atoms with Crippen molar-refractivity contribution in [1.29, 1.82) is 0 Å². The van der Waals surface area contributed by atoms with Crippen LogP contribution < -0.4 is 0 Å². The van der Waals surface area contributed by atoms with E-state index in [1.165, 1.54) is 0 Å². The summed E-state index contributed by atoms with van der Waals surface area (Å²) in [7, 11) is 0. The molecule has 0 aliphatic carbocycles. The highest BCUT2D eigenvalue weighted by atomic mass is 16.6. The second-order valence-corrected chi connectivity index (χ2v) is 2.59. The van der Waals surface area contributed by atoms with E-state index in [4.69, 9.17) is 0 Å². The molecule has 0 aromatic carbocycles. The molecule has 2 aromatic rings. The maximum Gasteiger partial charge on any atom is 0.305 e. The Morgan fingerprint density at radius 2 is 1.53 bits per heavy atom. The molecule has 2 rings (SSSR count). The highest BCUT2D eigenvalue weighted by Crippen LogP contribution is 2.11. The topological polar surface area (TPSA) is 94.7 Å². The molecule has 7 heteroatoms. The van der Waals surface area contributed by atoms with Crippen LogP contribution in [0.3, 0.4) is 0 Å². The van der Waals surface area contributed by atoms with E-state index in [9.17, 15) is 10.1 Å². The van der Waals surface area contributed by atoms with Gasteiger partial charge in [-0.15, -0.1) is 0 Å². The van der Waals surface area contributed by atoms with Gasteiger partial charge in [-0.05, 0) is 6.07 Å². The molecule has 0 fully saturated rings. The molecule has 0 amide bonds. The van der Waals surface area contributed by atoms with E-state index in [1.807, 2.05) is 0 Å². The molecule has 0 saturated heterocycles. The first-order chi connectivity index (χ1) is 7.27. The van der Waals surface area contributed by atoms with E-state index < -0.39 is 4.92 Å². The zero-order valence-corrected chi connectivity index (χ0v) is 7.44. The van der Waals surface area contributed by atoms with Gasteiger partial charge in [0.25, 0.3) is 0 Å². The Morgan fingerprint density at radius 3 is 2.07 bits per heavy atom. The predicted molar refractivity (Wildman–Crippen MR) is 49.7 cm³/mol. The van der Waals surface area contributed by atoms with Crippen molar-refractivity contribution < 1.29 is 4.92 Å². The van der Waals surface area contributed by atoms with Crippen LogP contribution in [-0.2, 0) is 0 Å². The number of nitro groups is 1. The van der Waals surface area contributed by atoms with Crippen molar-refractivity contribution in [3.05, 3.63) is 41.0 Å². The summed E-state index contributed by atoms with van der Waals surface area (Å²) in [5.41, 5.74) is -0.158. The van der Waals surface area contributed by atoms with Crippen LogP contribution in [0, 0.1) is 10.1 Å². The van der Waals surface area contributed by atoms with Gasteiger partial charge in [-0.3, -0.25) is 10.1 Å². The van der Waals surface area contributed by atoms with Gasteiger partial charge in [0.15, 0.2) is 11.6 Å². The van der Waals surface area contributed by atoms with Crippen LogP contribution >= 0.6 is 0 Å². The number of hydrogen-bond donors (Lipinski definition) is 0. The summed E-state index contributed by atoms with van der Waals surface area (Å²) in [6, 6.07) is 1.66. The van der Waals surface area contributed by atoms with E-state index >= 15 is 0 Å². The number of aromatic nitrogens is 4. The van der Waals surface area contributed by atoms with Gasteiger partial charge in [0, 0.05) is 12.4 Å². The molecule has 0 bridgehead atoms. The molecule has 0 radical (unpaired) electrons. The fourth-order valence-corrected chi connectivity index (χ4v) is 0.946. The fraction of sp³-hybridized carbons (Fsp3) is 0. The lowest BCUT2D eigenvalue weighted by molar-refractivity contribution is -0.385. The van der Waals surface area contributed by atoms with E-state index in [1.54, 1.807) is 18.5 Å². The fourth-order valence-electron chi connectivity index (χ4n) is 0.946. The van der Waals surface area contributed by atoms with Gasteiger partial charge in [0.1, 0.15) is 12.4 Å². The molecule has 0 spiro atoms. The standard InChI is InChI=1S/C8H5N5O2/c14-13(15)6-4-11-8(12-5-6)7-9-2-1-3-10-7/h1-5H. The summed E-state index contributed by atoms with van der Waals surface area (Å²) in [4.78, 5) is 25.2. The highest BCUT2D eigenvalue weighted by molar-refractivity contribution is 5.42. The van der Waals surface area contributed by atoms with Crippen LogP contribution in [0.15, 0.2) is 30.9 Å². The maximum absolute atomic E-state index is 10.3. The van der Waals surface area contributed by atoms with Crippen molar-refractivity contribution in [2.75, 3.05) is 0 Å². The maximum atomic E-state index is 10.3. The Balaban J connectivity index is 2.36. The second kappa shape index (κ2) is 3.74. The lowest BCUT2D eigenvalue weighted by Crippen LogP contribution is -1.96. The molecule has 7 nitrogen and oxygen atoms in total. The molecule has 2 heterocycles. The Labute approximate surface area is 84.0 Å². The predicted octanol–water partition coefficient (Wildman–Crippen LogP) is 0.842. The van der Waals surface area contributed by atoms with Crippen molar-refractivity contribution in [3.8, 4) is 11.6 Å². The van der Waals surface area contributed by atoms with Crippen LogP contribution in [0.25, 0.3) is 11.6 Å². The van der Waals surface area contributed by atoms with Crippen molar-refractivity contribution in [2.45, 2.75) is 0 Å². The van der Waals surface area contributed by atoms with Gasteiger partial charge in [-0.2, -0.15) is 0 Å². The Bertz CT molecular complexity index is 470. The van der Waals surface area contributed by atoms with E-state index in [-0.39, 0.29) is 11.5 Å². The smallest absolute Gasteiger partial charge is 0.258 e. The third kappa shape index (κ3) is 1.90. The molecule has 0 N–H and O–H groups in total. The van der Waals surface area contributed by atoms with E-state index in [2.05, 4.69) is 19.9 Å². The summed E-state index contributed by atoms with van der Waals surface area (Å²) in [6.45, 7) is 0. The van der Waals surface area contributed by atoms with Crippen LogP contribution in [0.4, 0.5) is 5.69 Å². The summed E-state index contributed by atoms with van der Waals surface area (Å²) in [6.07, 6.45) is 5.34. The van der Waals surface area contributed by atoms with Gasteiger partial charge in [-0.25, -0.2) is 19.9 Å². The third-order valence-electron chi connectivity index (χ3n) is 1.61. The van der Waals surface area contributed by atoms with Crippen molar-refractivity contribution >= 4 is 5.69 Å². The number of nitrogens with zero attached hydrogens (tertiary/aromatic N) is 5. The molecule has 0 atom stereocenters. The SMILES string of the molecule is O=[N+]([O-])c1cnc(-c2ncccn2)nc1. The average Bonchev–Trinajstić information content (AvgIpc) is 2.30. The van der Waals surface area contributed by atoms with Gasteiger partial charge in [0.2, 0.25) is 0 Å². The Kier molecular flexibility index (Phi) is 2.28. The van der Waals surface area contributed by atoms with Gasteiger partial charge < -0.3 is 0 Å². The van der Waals surface area contributed by atoms with Crippen molar-refractivity contribution in [2.24, 2.45) is 0 Å². The van der Waals surface area contributed by atoms with Crippen LogP contribution in [0.5, 0.6) is 0 Å². The van der Waals surface area contributed by atoms with Crippen molar-refractivity contribution in [3.63, 3.8) is 0 Å². The first kappa shape index (κ1) is 9.13. The summed E-state index contributed by atoms with van der Waals surface area (Å²) in [5.74, 6) is 0.605. The summed E-state index contributed by atoms with van der Waals surface area (Å²) >= 11 is 0. The molecule has 0 aliphatic heterocycles. The second-order valence-electron chi connectivity index (χ2n) is 2.59. The van der Waals surface area contributed by atoms with Crippen molar-refractivity contribution in [1.82, 2.24) is 19.9 Å². The van der Waals surface area contributed by atoms with Crippen LogP contribution in [0.1, 0.15) is 0 Å². The molecule has 0 unspecified atom stereocenters. The first-order valence-electron chi connectivity index (χ1n) is 4.01. The number of hydrogen-bond acceptors (Lipinski definition) is 6. The molecule has 15 heavy (non-hydrogen) atoms. The molecule has 74 valence electrons. The Hall–Kier alpha value is -2.44. The van der Waals surface area contributed by atoms with Crippen LogP contribution in [0.2, 0.25) is 0 Å². The minimum absolute atomic E-state index is 0.158. The lowest BCUT2D eigenvalue weighted by Gasteiger charge is -1.95. The lowest BCUT2D eigenvalue weighted by atomic mass is 10.5. The molecule has 0 saturated carbocycles. The molecule has 2 aromatic heterocycles. The van der Waals surface area contributed by atoms with Crippen LogP contribution in [-0.4, -0.2) is 24.9 Å². The third-order valence-corrected chi connectivity index (χ3v) is 1.61. The molecular weight excluding hydrogens is 198 g/mol. The average molecular weight is 203 g/mol. The summed E-state index contributed by atoms with van der Waals surface area (Å²) < 4.78 is 0. The molecular formula is C8H5N5O2. The van der Waals surface area contributed by atoms with E-state index in [0.29, 0.717) is 5.82 Å². The zero-order valence-electron chi connectivity index (χ0n) is 7.44. The minimum atomic E-state index is -0.560. The van der Waals surface area contributed by atoms with Gasteiger partial charge >= 0.3 is 5.69 Å². The zero-order chi connectivity index (χ0) is 10.7. The monoisotopic (exact) mass is 203 g/mol. The quantitative estimate of drug-likeness (QED) is 0.530. The minimum Gasteiger partial charge on any atom is -0.258 e. The normalized spacial score (nSPS) is 9.87. The largest absolute Gasteiger partial charge is 0.305 e. The van der Waals surface area contributed by atoms with Gasteiger partial charge in [-0.1, -0.05) is 0 Å². The van der Waals surface area contributed by atoms with E-state index in [0.717, 1.165) is 12.4 Å².